The van der Waals surface area contributed by atoms with E-state index < -0.39 is 40.8 Å². The van der Waals surface area contributed by atoms with Crippen molar-refractivity contribution in [3.05, 3.63) is 32.3 Å². The van der Waals surface area contributed by atoms with Crippen molar-refractivity contribution in [3.63, 3.8) is 0 Å². The van der Waals surface area contributed by atoms with E-state index >= 15 is 0 Å². The van der Waals surface area contributed by atoms with Crippen LogP contribution in [0.1, 0.15) is 5.56 Å². The molecule has 18 heavy (non-hydrogen) atoms. The Morgan fingerprint density at radius 2 is 1.83 bits per heavy atom. The Hall–Kier alpha value is -0.870. The van der Waals surface area contributed by atoms with Crippen LogP contribution in [0, 0.1) is 10.1 Å². The molecule has 11 heteroatoms. The minimum atomic E-state index is -4.85. The second-order valence-corrected chi connectivity index (χ2v) is 6.39. The first-order chi connectivity index (χ1) is 7.94. The van der Waals surface area contributed by atoms with Crippen LogP contribution in [0.15, 0.2) is 21.5 Å². The number of nitro groups is 1. The van der Waals surface area contributed by atoms with Gasteiger partial charge in [0.2, 0.25) is 0 Å². The maximum absolute atomic E-state index is 12.4. The first-order valence-corrected chi connectivity index (χ1v) is 7.04. The summed E-state index contributed by atoms with van der Waals surface area (Å²) in [6.45, 7) is 0. The molecule has 0 atom stereocenters. The van der Waals surface area contributed by atoms with Crippen LogP contribution < -0.4 is 0 Å². The molecule has 5 nitrogen and oxygen atoms in total. The van der Waals surface area contributed by atoms with Crippen LogP contribution in [0.5, 0.6) is 0 Å². The van der Waals surface area contributed by atoms with Crippen LogP contribution in [0.3, 0.4) is 0 Å². The van der Waals surface area contributed by atoms with E-state index in [4.69, 9.17) is 10.7 Å². The fourth-order valence-electron chi connectivity index (χ4n) is 1.10. The van der Waals surface area contributed by atoms with Gasteiger partial charge in [0.05, 0.1) is 15.0 Å². The van der Waals surface area contributed by atoms with Crippen molar-refractivity contribution in [2.75, 3.05) is 0 Å². The van der Waals surface area contributed by atoms with E-state index in [-0.39, 0.29) is 6.07 Å². The first kappa shape index (κ1) is 15.2. The standard InChI is InChI=1S/C7H2BrClF3NO4S/c8-4-1-3(7(10,11)12)2-5(18(9,16)17)6(4)13(14)15/h1-2H. The highest BCUT2D eigenvalue weighted by molar-refractivity contribution is 9.10. The second-order valence-electron chi connectivity index (χ2n) is 3.00. The van der Waals surface area contributed by atoms with Crippen molar-refractivity contribution in [1.29, 1.82) is 0 Å². The minimum Gasteiger partial charge on any atom is -0.258 e. The number of rotatable bonds is 2. The Bertz CT molecular complexity index is 616. The molecule has 0 aliphatic carbocycles. The largest absolute Gasteiger partial charge is 0.416 e. The van der Waals surface area contributed by atoms with E-state index in [2.05, 4.69) is 15.9 Å². The average Bonchev–Trinajstić information content (AvgIpc) is 2.12. The zero-order chi connectivity index (χ0) is 14.3. The molecule has 0 bridgehead atoms. The van der Waals surface area contributed by atoms with E-state index in [1.807, 2.05) is 0 Å². The van der Waals surface area contributed by atoms with Gasteiger partial charge in [-0.2, -0.15) is 13.2 Å². The van der Waals surface area contributed by atoms with Gasteiger partial charge in [-0.15, -0.1) is 0 Å². The summed E-state index contributed by atoms with van der Waals surface area (Å²) in [7, 11) is 0.198. The molecule has 0 aromatic heterocycles. The number of hydrogen-bond acceptors (Lipinski definition) is 4. The zero-order valence-electron chi connectivity index (χ0n) is 8.03. The fourth-order valence-corrected chi connectivity index (χ4v) is 2.87. The SMILES string of the molecule is O=[N+]([O-])c1c(Br)cc(C(F)(F)F)cc1S(=O)(=O)Cl. The molecule has 0 spiro atoms. The zero-order valence-corrected chi connectivity index (χ0v) is 11.2. The van der Waals surface area contributed by atoms with Crippen molar-refractivity contribution >= 4 is 41.4 Å². The summed E-state index contributed by atoms with van der Waals surface area (Å²) in [6, 6.07) is 0.523. The summed E-state index contributed by atoms with van der Waals surface area (Å²) in [4.78, 5) is 8.27. The number of alkyl halides is 3. The third-order valence-electron chi connectivity index (χ3n) is 1.80. The second kappa shape index (κ2) is 4.67. The third-order valence-corrected chi connectivity index (χ3v) is 3.74. The molecule has 0 radical (unpaired) electrons. The van der Waals surface area contributed by atoms with Gasteiger partial charge in [-0.05, 0) is 28.1 Å². The molecule has 1 rings (SSSR count). The average molecular weight is 369 g/mol. The normalized spacial score (nSPS) is 12.5. The Morgan fingerprint density at radius 3 is 2.17 bits per heavy atom. The molecule has 100 valence electrons. The lowest BCUT2D eigenvalue weighted by atomic mass is 10.2. The van der Waals surface area contributed by atoms with Gasteiger partial charge < -0.3 is 0 Å². The molecule has 0 aliphatic rings. The van der Waals surface area contributed by atoms with Gasteiger partial charge in [-0.1, -0.05) is 0 Å². The molecule has 0 saturated carbocycles. The van der Waals surface area contributed by atoms with Crippen LogP contribution in [-0.4, -0.2) is 13.3 Å². The third kappa shape index (κ3) is 3.12. The van der Waals surface area contributed by atoms with Crippen LogP contribution in [0.2, 0.25) is 0 Å². The lowest BCUT2D eigenvalue weighted by molar-refractivity contribution is -0.388. The number of hydrogen-bond donors (Lipinski definition) is 0. The predicted octanol–water partition coefficient (Wildman–Crippen LogP) is 3.30. The Kier molecular flexibility index (Phi) is 3.94. The van der Waals surface area contributed by atoms with Crippen LogP contribution in [0.25, 0.3) is 0 Å². The number of nitrogens with zero attached hydrogens (tertiary/aromatic N) is 1. The van der Waals surface area contributed by atoms with Crippen LogP contribution in [-0.2, 0) is 15.2 Å². The first-order valence-electron chi connectivity index (χ1n) is 3.94. The number of benzene rings is 1. The lowest BCUT2D eigenvalue weighted by Crippen LogP contribution is -2.08. The van der Waals surface area contributed by atoms with Crippen molar-refractivity contribution in [2.45, 2.75) is 11.1 Å². The van der Waals surface area contributed by atoms with E-state index in [1.165, 1.54) is 0 Å². The van der Waals surface area contributed by atoms with E-state index in [9.17, 15) is 31.7 Å². The molecule has 0 aliphatic heterocycles. The lowest BCUT2D eigenvalue weighted by Gasteiger charge is -2.09. The molecule has 0 unspecified atom stereocenters. The van der Waals surface area contributed by atoms with Gasteiger partial charge in [0.1, 0.15) is 0 Å². The van der Waals surface area contributed by atoms with Gasteiger partial charge in [0.25, 0.3) is 9.05 Å². The summed E-state index contributed by atoms with van der Waals surface area (Å²) in [5, 5.41) is 10.6. The monoisotopic (exact) mass is 367 g/mol. The molecular weight excluding hydrogens is 366 g/mol. The van der Waals surface area contributed by atoms with Crippen LogP contribution in [0.4, 0.5) is 18.9 Å². The maximum atomic E-state index is 12.4. The Labute approximate surface area is 111 Å². The molecule has 0 heterocycles. The van der Waals surface area contributed by atoms with Gasteiger partial charge in [0.15, 0.2) is 4.90 Å². The topological polar surface area (TPSA) is 77.3 Å². The van der Waals surface area contributed by atoms with Crippen molar-refractivity contribution in [3.8, 4) is 0 Å². The summed E-state index contributed by atoms with van der Waals surface area (Å²) < 4.78 is 58.8. The quantitative estimate of drug-likeness (QED) is 0.456. The summed E-state index contributed by atoms with van der Waals surface area (Å²) >= 11 is 2.52. The van der Waals surface area contributed by atoms with Crippen LogP contribution >= 0.6 is 26.6 Å². The maximum Gasteiger partial charge on any atom is 0.416 e. The Morgan fingerprint density at radius 1 is 1.33 bits per heavy atom. The Balaban J connectivity index is 3.75. The summed E-state index contributed by atoms with van der Waals surface area (Å²) in [5.74, 6) is 0. The summed E-state index contributed by atoms with van der Waals surface area (Å²) in [6.07, 6.45) is -4.85. The van der Waals surface area contributed by atoms with Gasteiger partial charge >= 0.3 is 11.9 Å². The van der Waals surface area contributed by atoms with E-state index in [0.717, 1.165) is 0 Å². The molecule has 0 amide bonds. The number of halogens is 5. The van der Waals surface area contributed by atoms with Gasteiger partial charge in [-0.25, -0.2) is 8.42 Å². The van der Waals surface area contributed by atoms with E-state index in [1.54, 1.807) is 0 Å². The highest BCUT2D eigenvalue weighted by Gasteiger charge is 2.36. The van der Waals surface area contributed by atoms with Gasteiger partial charge in [-0.3, -0.25) is 10.1 Å². The highest BCUT2D eigenvalue weighted by atomic mass is 79.9. The van der Waals surface area contributed by atoms with Crippen molar-refractivity contribution in [2.24, 2.45) is 0 Å². The van der Waals surface area contributed by atoms with Crippen molar-refractivity contribution < 1.29 is 26.5 Å². The fraction of sp³-hybridized carbons (Fsp3) is 0.143. The molecule has 0 fully saturated rings. The molecule has 1 aromatic carbocycles. The number of nitro benzene ring substituents is 1. The van der Waals surface area contributed by atoms with Gasteiger partial charge in [0, 0.05) is 10.7 Å². The minimum absolute atomic E-state index is 0.116. The highest BCUT2D eigenvalue weighted by Crippen LogP contribution is 2.40. The molecule has 1 aromatic rings. The molecular formula is C7H2BrClF3NO4S. The van der Waals surface area contributed by atoms with E-state index in [0.29, 0.717) is 6.07 Å². The van der Waals surface area contributed by atoms with Crippen molar-refractivity contribution in [1.82, 2.24) is 0 Å². The summed E-state index contributed by atoms with van der Waals surface area (Å²) in [5.41, 5.74) is -2.41. The smallest absolute Gasteiger partial charge is 0.258 e. The molecule has 0 saturated heterocycles. The predicted molar refractivity (Wildman–Crippen MR) is 58.8 cm³/mol. The molecule has 0 N–H and O–H groups in total.